The Labute approximate surface area is 238 Å². The van der Waals surface area contributed by atoms with Crippen molar-refractivity contribution < 1.29 is 38.9 Å². The molecule has 9 heteroatoms. The number of aliphatic hydroxyl groups excluding tert-OH is 1. The van der Waals surface area contributed by atoms with Gasteiger partial charge >= 0.3 is 18.1 Å². The van der Waals surface area contributed by atoms with E-state index in [4.69, 9.17) is 9.84 Å². The lowest BCUT2D eigenvalue weighted by Crippen LogP contribution is -2.46. The Kier molecular flexibility index (Phi) is 21.0. The number of hydrogen-bond acceptors (Lipinski definition) is 7. The van der Waals surface area contributed by atoms with Crippen molar-refractivity contribution in [3.05, 3.63) is 72.9 Å². The van der Waals surface area contributed by atoms with Gasteiger partial charge in [0.25, 0.3) is 0 Å². The molecule has 0 saturated heterocycles. The number of carboxylic acid groups (broad SMARTS) is 1. The molecule has 0 fully saturated rings. The van der Waals surface area contributed by atoms with Gasteiger partial charge in [-0.2, -0.15) is 0 Å². The predicted octanol–water partition coefficient (Wildman–Crippen LogP) is 5.73. The first-order chi connectivity index (χ1) is 19.1. The van der Waals surface area contributed by atoms with Gasteiger partial charge in [-0.1, -0.05) is 93.7 Å². The van der Waals surface area contributed by atoms with E-state index >= 15 is 0 Å². The molecule has 0 saturated carbocycles. The Morgan fingerprint density at radius 2 is 1.20 bits per heavy atom. The monoisotopic (exact) mass is 559 g/mol. The van der Waals surface area contributed by atoms with Crippen LogP contribution in [0.4, 0.5) is 4.79 Å². The van der Waals surface area contributed by atoms with E-state index in [0.717, 1.165) is 32.1 Å². The van der Waals surface area contributed by atoms with Gasteiger partial charge in [0, 0.05) is 12.0 Å². The summed E-state index contributed by atoms with van der Waals surface area (Å²) < 4.78 is 9.10. The second-order valence-electron chi connectivity index (χ2n) is 9.45. The highest BCUT2D eigenvalue weighted by Gasteiger charge is 2.34. The van der Waals surface area contributed by atoms with E-state index in [1.54, 1.807) is 19.9 Å². The lowest BCUT2D eigenvalue weighted by Gasteiger charge is -2.28. The van der Waals surface area contributed by atoms with Gasteiger partial charge in [0.1, 0.15) is 6.10 Å². The first kappa shape index (κ1) is 36.3. The van der Waals surface area contributed by atoms with Crippen LogP contribution in [0.5, 0.6) is 0 Å². The summed E-state index contributed by atoms with van der Waals surface area (Å²) in [7, 11) is 0. The zero-order valence-corrected chi connectivity index (χ0v) is 23.9. The Balaban J connectivity index is 4.06. The second kappa shape index (κ2) is 23.2. The van der Waals surface area contributed by atoms with E-state index < -0.39 is 35.5 Å². The Hall–Kier alpha value is -3.72. The van der Waals surface area contributed by atoms with Crippen molar-refractivity contribution in [2.24, 2.45) is 5.41 Å². The van der Waals surface area contributed by atoms with Gasteiger partial charge in [0.2, 0.25) is 5.91 Å². The number of rotatable bonds is 20. The van der Waals surface area contributed by atoms with Gasteiger partial charge in [0.15, 0.2) is 0 Å². The molecule has 3 N–H and O–H groups in total. The molecule has 0 unspecified atom stereocenters. The standard InChI is InChI=1S/C31H45NO8/c1-4-5-6-7-8-9-10-11-12-13-14-15-16-17-18-19-20-21-22-26(33)39-25-31(2,3)28(35)29(36)32-24-23-27(34)40-30(37)38/h5-6,8-9,11-12,14-15,17-18,20-21,28,35H,4,7,10,13,16,19,22-25H2,1-3H3,(H,32,36)(H,37,38)/b6-5-,9-8-,12-11-,15-14-,18-17-,21-20-/t28-/m0/s1. The van der Waals surface area contributed by atoms with Gasteiger partial charge in [-0.05, 0) is 38.5 Å². The van der Waals surface area contributed by atoms with E-state index in [2.05, 4.69) is 71.7 Å². The first-order valence-electron chi connectivity index (χ1n) is 13.5. The zero-order chi connectivity index (χ0) is 30.1. The number of allylic oxidation sites excluding steroid dienone is 11. The Morgan fingerprint density at radius 1 is 0.750 bits per heavy atom. The molecule has 0 aromatic heterocycles. The van der Waals surface area contributed by atoms with Crippen molar-refractivity contribution in [1.29, 1.82) is 0 Å². The minimum Gasteiger partial charge on any atom is -0.465 e. The molecule has 0 aliphatic heterocycles. The molecule has 1 amide bonds. The summed E-state index contributed by atoms with van der Waals surface area (Å²) in [5.41, 5.74) is -1.08. The van der Waals surface area contributed by atoms with Crippen LogP contribution in [0, 0.1) is 5.41 Å². The lowest BCUT2D eigenvalue weighted by molar-refractivity contribution is -0.152. The van der Waals surface area contributed by atoms with Crippen molar-refractivity contribution in [2.75, 3.05) is 13.2 Å². The van der Waals surface area contributed by atoms with E-state index in [9.17, 15) is 24.3 Å². The average Bonchev–Trinajstić information content (AvgIpc) is 2.90. The van der Waals surface area contributed by atoms with Crippen molar-refractivity contribution in [3.63, 3.8) is 0 Å². The smallest absolute Gasteiger partial charge is 0.465 e. The summed E-state index contributed by atoms with van der Waals surface area (Å²) in [6.45, 7) is 4.84. The molecule has 0 aromatic carbocycles. The van der Waals surface area contributed by atoms with Crippen LogP contribution in [-0.2, 0) is 23.9 Å². The average molecular weight is 560 g/mol. The molecule has 222 valence electrons. The molecule has 0 bridgehead atoms. The van der Waals surface area contributed by atoms with Gasteiger partial charge in [-0.25, -0.2) is 4.79 Å². The zero-order valence-electron chi connectivity index (χ0n) is 23.9. The molecule has 0 spiro atoms. The van der Waals surface area contributed by atoms with Crippen LogP contribution >= 0.6 is 0 Å². The minimum absolute atomic E-state index is 0.0643. The predicted molar refractivity (Wildman–Crippen MR) is 155 cm³/mol. The highest BCUT2D eigenvalue weighted by molar-refractivity contribution is 5.83. The molecule has 0 heterocycles. The van der Waals surface area contributed by atoms with Crippen LogP contribution < -0.4 is 5.32 Å². The molecule has 9 nitrogen and oxygen atoms in total. The van der Waals surface area contributed by atoms with Crippen LogP contribution in [0.2, 0.25) is 0 Å². The molecule has 0 radical (unpaired) electrons. The quantitative estimate of drug-likeness (QED) is 0.0976. The Morgan fingerprint density at radius 3 is 1.65 bits per heavy atom. The van der Waals surface area contributed by atoms with E-state index in [0.29, 0.717) is 6.42 Å². The van der Waals surface area contributed by atoms with Crippen LogP contribution in [0.25, 0.3) is 0 Å². The van der Waals surface area contributed by atoms with Crippen molar-refractivity contribution in [2.45, 2.75) is 78.2 Å². The molecule has 40 heavy (non-hydrogen) atoms. The summed E-state index contributed by atoms with van der Waals surface area (Å²) in [4.78, 5) is 45.5. The van der Waals surface area contributed by atoms with Gasteiger partial charge in [0.05, 0.1) is 19.4 Å². The number of esters is 2. The fourth-order valence-corrected chi connectivity index (χ4v) is 2.99. The number of hydrogen-bond donors (Lipinski definition) is 3. The van der Waals surface area contributed by atoms with Crippen molar-refractivity contribution >= 4 is 24.0 Å². The maximum Gasteiger partial charge on any atom is 0.513 e. The highest BCUT2D eigenvalue weighted by Crippen LogP contribution is 2.21. The van der Waals surface area contributed by atoms with E-state index in [1.807, 2.05) is 12.2 Å². The van der Waals surface area contributed by atoms with E-state index in [1.165, 1.54) is 0 Å². The summed E-state index contributed by atoms with van der Waals surface area (Å²) in [5.74, 6) is -2.29. The SMILES string of the molecule is CC/C=C\C/C=C\C/C=C\C/C=C\C/C=C\C/C=C\CC(=O)OCC(C)(C)[C@@H](O)C(=O)NCCC(=O)OC(=O)O. The number of carbonyl (C=O) groups excluding carboxylic acids is 3. The summed E-state index contributed by atoms with van der Waals surface area (Å²) in [6, 6.07) is 0. The number of carbonyl (C=O) groups is 4. The fraction of sp³-hybridized carbons (Fsp3) is 0.484. The normalized spacial score (nSPS) is 13.3. The minimum atomic E-state index is -1.73. The van der Waals surface area contributed by atoms with Crippen LogP contribution in [0.15, 0.2) is 72.9 Å². The Bertz CT molecular complexity index is 941. The molecule has 0 aromatic rings. The third-order valence-electron chi connectivity index (χ3n) is 5.30. The second-order valence-corrected chi connectivity index (χ2v) is 9.45. The fourth-order valence-electron chi connectivity index (χ4n) is 2.99. The van der Waals surface area contributed by atoms with Crippen LogP contribution in [0.3, 0.4) is 0 Å². The third kappa shape index (κ3) is 21.2. The number of amides is 1. The number of nitrogens with one attached hydrogen (secondary N) is 1. The third-order valence-corrected chi connectivity index (χ3v) is 5.30. The largest absolute Gasteiger partial charge is 0.513 e. The lowest BCUT2D eigenvalue weighted by atomic mass is 9.87. The molecular weight excluding hydrogens is 514 g/mol. The maximum atomic E-state index is 12.1. The molecule has 0 rings (SSSR count). The van der Waals surface area contributed by atoms with Gasteiger partial charge < -0.3 is 25.0 Å². The molecule has 0 aliphatic carbocycles. The van der Waals surface area contributed by atoms with Crippen LogP contribution in [-0.4, -0.2) is 53.5 Å². The summed E-state index contributed by atoms with van der Waals surface area (Å²) >= 11 is 0. The number of aliphatic hydroxyl groups is 1. The highest BCUT2D eigenvalue weighted by atomic mass is 16.7. The van der Waals surface area contributed by atoms with Gasteiger partial charge in [-0.15, -0.1) is 0 Å². The molecular formula is C31H45NO8. The topological polar surface area (TPSA) is 139 Å². The first-order valence-corrected chi connectivity index (χ1v) is 13.5. The maximum absolute atomic E-state index is 12.1. The van der Waals surface area contributed by atoms with Crippen molar-refractivity contribution in [1.82, 2.24) is 5.32 Å². The molecule has 1 atom stereocenters. The summed E-state index contributed by atoms with van der Waals surface area (Å²) in [5, 5.41) is 20.9. The van der Waals surface area contributed by atoms with Crippen LogP contribution in [0.1, 0.15) is 72.1 Å². The van der Waals surface area contributed by atoms with E-state index in [-0.39, 0.29) is 26.0 Å². The van der Waals surface area contributed by atoms with Crippen molar-refractivity contribution in [3.8, 4) is 0 Å². The van der Waals surface area contributed by atoms with Gasteiger partial charge in [-0.3, -0.25) is 14.4 Å². The summed E-state index contributed by atoms with van der Waals surface area (Å²) in [6.07, 6.45) is 26.7. The molecule has 0 aliphatic rings. The number of ether oxygens (including phenoxy) is 2.